The Labute approximate surface area is 751 Å². The number of ether oxygens (including phenoxy) is 4. The summed E-state index contributed by atoms with van der Waals surface area (Å²) in [6, 6.07) is 26.3. The number of hydroxylamine groups is 4. The van der Waals surface area contributed by atoms with E-state index in [1.54, 1.807) is 21.9 Å². The molecular formula is C84H116N6O42. The fourth-order valence-electron chi connectivity index (χ4n) is 16.1. The van der Waals surface area contributed by atoms with Gasteiger partial charge in [-0.3, -0.25) is 38.6 Å². The van der Waals surface area contributed by atoms with Gasteiger partial charge in [0.25, 0.3) is 35.4 Å². The maximum atomic E-state index is 17.8. The number of benzene rings is 5. The van der Waals surface area contributed by atoms with Crippen molar-refractivity contribution in [2.24, 2.45) is 0 Å². The number of hydrogen-bond donors (Lipinski definition) is 32. The number of amides is 6. The highest BCUT2D eigenvalue weighted by molar-refractivity contribution is 6.01. The third kappa shape index (κ3) is 20.5. The van der Waals surface area contributed by atoms with Crippen molar-refractivity contribution in [2.45, 2.75) is 272 Å². The van der Waals surface area contributed by atoms with Gasteiger partial charge in [-0.05, 0) is 66.1 Å². The predicted molar refractivity (Wildman–Crippen MR) is 436 cm³/mol. The molecule has 0 aromatic heterocycles. The number of hydrogen-bond acceptors (Lipinski definition) is 42. The first-order chi connectivity index (χ1) is 62.3. The minimum absolute atomic E-state index is 0.176. The van der Waals surface area contributed by atoms with Crippen LogP contribution in [-0.2, 0) is 83.2 Å². The third-order valence-corrected chi connectivity index (χ3v) is 23.9. The quantitative estimate of drug-likeness (QED) is 0.0127. The van der Waals surface area contributed by atoms with Gasteiger partial charge in [0.2, 0.25) is 46.0 Å². The molecule has 132 heavy (non-hydrogen) atoms. The van der Waals surface area contributed by atoms with Gasteiger partial charge < -0.3 is 162 Å². The Morgan fingerprint density at radius 1 is 0.318 bits per heavy atom. The molecule has 32 atom stereocenters. The van der Waals surface area contributed by atoms with Crippen LogP contribution in [-0.4, -0.2) is 407 Å². The van der Waals surface area contributed by atoms with Crippen LogP contribution in [0.3, 0.4) is 0 Å². The van der Waals surface area contributed by atoms with Crippen LogP contribution >= 0.6 is 0 Å². The molecule has 4 heterocycles. The maximum Gasteiger partial charge on any atom is 0.275 e. The number of aliphatic hydroxyl groups excluding tert-OH is 24. The first kappa shape index (κ1) is 107. The van der Waals surface area contributed by atoms with Gasteiger partial charge in [0.1, 0.15) is 97.7 Å². The molecule has 4 saturated heterocycles. The molecule has 0 aliphatic carbocycles. The molecule has 32 N–H and O–H groups in total. The van der Waals surface area contributed by atoms with Crippen molar-refractivity contribution in [1.29, 1.82) is 0 Å². The second kappa shape index (κ2) is 44.5. The SMILES string of the molecule is CC[C@H](O)[C@@H](O)[C@H](O)C(=O)NO[C@@]1(Cc2ccccc2)O[C@H](CO)[C@@H](O)[C@H](O)[C@@]1(O)N(C(=O)c1cccc(C(=O)N([C@]2(O)[C@@H](O)[C@H](O)[C@@H](CO)O[C@]2(Cc2ccccc2)ONC(=O)[C@@H](O)[C@H](O)[C@@H](O)CC)[C@]2(O)[C@@H](O)[C@H](O)[C@@H](CO)O[C@]2(Cc2ccccc2)ONC(=O)[C@@H](O)[C@H](O)[C@@H](O)CC)c1)[C@]1(O)[C@@H](O)[C@H](O)[C@@H](CO)O[C@]1(Cc1ccccc1)ONC(=O)[C@@H](O)[C@H](O)[C@@H](O)CC. The average Bonchev–Trinajstić information content (AvgIpc) is 0.679. The van der Waals surface area contributed by atoms with E-state index >= 15 is 9.59 Å². The van der Waals surface area contributed by atoms with E-state index in [0.29, 0.717) is 18.2 Å². The van der Waals surface area contributed by atoms with Gasteiger partial charge in [-0.2, -0.15) is 0 Å². The van der Waals surface area contributed by atoms with Gasteiger partial charge >= 0.3 is 0 Å². The van der Waals surface area contributed by atoms with E-state index in [-0.39, 0.29) is 28.3 Å². The molecule has 5 aromatic rings. The Kier molecular flexibility index (Phi) is 36.1. The monoisotopic (exact) mass is 1880 g/mol. The van der Waals surface area contributed by atoms with E-state index < -0.39 is 327 Å². The van der Waals surface area contributed by atoms with E-state index in [1.165, 1.54) is 100 Å². The molecule has 4 aliphatic heterocycles. The van der Waals surface area contributed by atoms with Crippen LogP contribution in [0.2, 0.25) is 0 Å². The standard InChI is InChI=1S/C84H116N6O42/c1-5-47(95)55(99)63(107)71(115)85-129-77(33-41-22-13-9-14-23-41)81(121,67(111)59(103)51(37-91)125-77)89(82(122)68(112)60(104)52(38-92)126-78(82,34-42-24-15-10-16-25-42)130-86-72(116)64(108)56(100)48(96)6-2)75(119)45-30-21-31-46(32-45)76(120)90(83(123)69(113)61(105)53(39-93)127-79(83,35-43-26-17-11-18-27-43)131-87-73(117)65(109)57(101)49(97)7-3)84(124)70(114)62(106)54(40-94)128-80(84,36-44-28-19-12-20-29-44)132-88-74(118)66(110)58(102)50(98)8-4/h9-32,47-70,91-114,121-124H,5-8,33-40H2,1-4H3,(H,85,115)(H,86,116)(H,87,117)(H,88,118)/t47-,48-,49-,50-,51+,52+,53+,54+,55+,56+,57+,58+,59+,60+,61+,62+,63-,64-,65-,66-,67-,68-,69-,70-,77+,78+,79+,80+,81-,82-,83-,84-/m0/s1. The predicted octanol–water partition coefficient (Wildman–Crippen LogP) is -12.3. The lowest BCUT2D eigenvalue weighted by atomic mass is 9.75. The summed E-state index contributed by atoms with van der Waals surface area (Å²) in [6.45, 7) is -1.15. The lowest BCUT2D eigenvalue weighted by molar-refractivity contribution is -0.494. The summed E-state index contributed by atoms with van der Waals surface area (Å²) >= 11 is 0. The summed E-state index contributed by atoms with van der Waals surface area (Å²) in [5, 5.41) is 341. The number of carbonyl (C=O) groups excluding carboxylic acids is 6. The largest absolute Gasteiger partial charge is 0.394 e. The van der Waals surface area contributed by atoms with E-state index in [9.17, 15) is 162 Å². The summed E-state index contributed by atoms with van der Waals surface area (Å²) in [5.41, 5.74) is -17.1. The lowest BCUT2D eigenvalue weighted by Gasteiger charge is -2.65. The summed E-state index contributed by atoms with van der Waals surface area (Å²) in [6.07, 6.45) is -73.4. The molecule has 0 saturated carbocycles. The average molecular weight is 1880 g/mol. The molecule has 0 bridgehead atoms. The van der Waals surface area contributed by atoms with Crippen LogP contribution in [0.5, 0.6) is 0 Å². The van der Waals surface area contributed by atoms with Crippen LogP contribution in [0.15, 0.2) is 146 Å². The van der Waals surface area contributed by atoms with E-state index in [2.05, 4.69) is 0 Å². The van der Waals surface area contributed by atoms with Crippen LogP contribution in [0.25, 0.3) is 0 Å². The minimum Gasteiger partial charge on any atom is -0.394 e. The van der Waals surface area contributed by atoms with Crippen LogP contribution < -0.4 is 21.9 Å². The van der Waals surface area contributed by atoms with Gasteiger partial charge in [-0.15, -0.1) is 0 Å². The number of rotatable bonds is 42. The molecule has 0 radical (unpaired) electrons. The van der Waals surface area contributed by atoms with Gasteiger partial charge in [0, 0.05) is 36.8 Å². The number of carbonyl (C=O) groups is 6. The summed E-state index contributed by atoms with van der Waals surface area (Å²) < 4.78 is 25.1. The highest BCUT2D eigenvalue weighted by Gasteiger charge is 2.82. The Bertz CT molecular complexity index is 4080. The lowest BCUT2D eigenvalue weighted by Crippen LogP contribution is -2.90. The highest BCUT2D eigenvalue weighted by atomic mass is 16.8. The smallest absolute Gasteiger partial charge is 0.275 e. The van der Waals surface area contributed by atoms with Gasteiger partial charge in [0.05, 0.1) is 50.8 Å². The number of nitrogens with one attached hydrogen (secondary N) is 4. The zero-order valence-corrected chi connectivity index (χ0v) is 71.3. The maximum absolute atomic E-state index is 17.8. The first-order valence-electron chi connectivity index (χ1n) is 41.8. The Morgan fingerprint density at radius 2 is 0.508 bits per heavy atom. The fraction of sp³-hybridized carbons (Fsp3) is 0.571. The highest BCUT2D eigenvalue weighted by Crippen LogP contribution is 2.56. The molecule has 0 spiro atoms. The molecule has 9 rings (SSSR count). The molecule has 48 nitrogen and oxygen atoms in total. The molecule has 6 amide bonds. The van der Waals surface area contributed by atoms with E-state index in [4.69, 9.17) is 38.3 Å². The summed E-state index contributed by atoms with van der Waals surface area (Å²) in [4.78, 5) is 116. The fourth-order valence-corrected chi connectivity index (χ4v) is 16.1. The summed E-state index contributed by atoms with van der Waals surface area (Å²) in [5.74, 6) is -29.2. The molecular weight excluding hydrogens is 1760 g/mol. The first-order valence-corrected chi connectivity index (χ1v) is 41.8. The molecule has 734 valence electrons. The van der Waals surface area contributed by atoms with Crippen LogP contribution in [0.1, 0.15) is 96.3 Å². The zero-order valence-electron chi connectivity index (χ0n) is 71.3. The van der Waals surface area contributed by atoms with Crippen molar-refractivity contribution in [1.82, 2.24) is 31.7 Å². The van der Waals surface area contributed by atoms with Crippen molar-refractivity contribution in [3.05, 3.63) is 179 Å². The normalized spacial score (nSPS) is 33.0. The molecule has 4 aliphatic rings. The van der Waals surface area contributed by atoms with Gasteiger partial charge in [0.15, 0.2) is 24.4 Å². The molecule has 0 unspecified atom stereocenters. The van der Waals surface area contributed by atoms with Crippen molar-refractivity contribution in [3.63, 3.8) is 0 Å². The van der Waals surface area contributed by atoms with Crippen molar-refractivity contribution < 1.29 is 210 Å². The number of nitrogens with zero attached hydrogens (tertiary/aromatic N) is 2. The second-order valence-corrected chi connectivity index (χ2v) is 32.4. The van der Waals surface area contributed by atoms with Gasteiger partial charge in [-0.25, -0.2) is 41.3 Å². The zero-order chi connectivity index (χ0) is 97.9. The van der Waals surface area contributed by atoms with Crippen LogP contribution in [0.4, 0.5) is 0 Å². The van der Waals surface area contributed by atoms with Crippen molar-refractivity contribution >= 4 is 35.4 Å². The van der Waals surface area contributed by atoms with Crippen molar-refractivity contribution in [3.8, 4) is 0 Å². The Hall–Kier alpha value is -8.52. The van der Waals surface area contributed by atoms with E-state index in [1.807, 2.05) is 0 Å². The molecule has 5 aromatic carbocycles. The van der Waals surface area contributed by atoms with Crippen LogP contribution in [0, 0.1) is 0 Å². The van der Waals surface area contributed by atoms with E-state index in [0.717, 1.165) is 48.5 Å². The minimum atomic E-state index is -4.83. The third-order valence-electron chi connectivity index (χ3n) is 23.9. The Balaban J connectivity index is 1.48. The van der Waals surface area contributed by atoms with Crippen molar-refractivity contribution in [2.75, 3.05) is 26.4 Å². The second-order valence-electron chi connectivity index (χ2n) is 32.4. The Morgan fingerprint density at radius 3 is 0.682 bits per heavy atom. The topological polar surface area (TPSA) is 797 Å². The molecule has 48 heteroatoms. The van der Waals surface area contributed by atoms with Gasteiger partial charge in [-0.1, -0.05) is 155 Å². The molecule has 4 fully saturated rings. The number of aliphatic hydroxyl groups is 28. The summed E-state index contributed by atoms with van der Waals surface area (Å²) in [7, 11) is 0.